The van der Waals surface area contributed by atoms with Crippen LogP contribution in [0, 0.1) is 6.92 Å². The second kappa shape index (κ2) is 7.52. The van der Waals surface area contributed by atoms with Crippen LogP contribution in [0.15, 0.2) is 83.8 Å². The minimum absolute atomic E-state index is 0.0259. The lowest BCUT2D eigenvalue weighted by Gasteiger charge is -2.11. The van der Waals surface area contributed by atoms with Crippen LogP contribution in [0.4, 0.5) is 5.69 Å². The van der Waals surface area contributed by atoms with Crippen LogP contribution in [0.25, 0.3) is 16.8 Å². The van der Waals surface area contributed by atoms with Crippen LogP contribution in [0.2, 0.25) is 0 Å². The second-order valence-electron chi connectivity index (χ2n) is 6.65. The van der Waals surface area contributed by atoms with E-state index in [1.807, 2.05) is 55.5 Å². The van der Waals surface area contributed by atoms with Gasteiger partial charge in [0.2, 0.25) is 5.75 Å². The molecular formula is C23H19N3O3. The summed E-state index contributed by atoms with van der Waals surface area (Å²) in [6.45, 7) is 1.97. The van der Waals surface area contributed by atoms with Crippen molar-refractivity contribution in [2.24, 2.45) is 0 Å². The van der Waals surface area contributed by atoms with E-state index in [4.69, 9.17) is 10.5 Å². The standard InChI is InChI=1S/C23H19N3O3/c1-15-2-8-18(9-3-15)26-23(28)22(21(24)14-25-26)29-20-12-6-17(7-13-20)16-4-10-19(27)11-5-16/h2-14,27H,24H2,1H3. The number of aryl methyl sites for hydroxylation is 1. The lowest BCUT2D eigenvalue weighted by atomic mass is 10.1. The van der Waals surface area contributed by atoms with Gasteiger partial charge in [-0.2, -0.15) is 9.78 Å². The smallest absolute Gasteiger partial charge is 0.316 e. The minimum Gasteiger partial charge on any atom is -0.508 e. The highest BCUT2D eigenvalue weighted by Crippen LogP contribution is 2.27. The Morgan fingerprint density at radius 1 is 0.897 bits per heavy atom. The van der Waals surface area contributed by atoms with Crippen LogP contribution in [0.3, 0.4) is 0 Å². The summed E-state index contributed by atoms with van der Waals surface area (Å²) >= 11 is 0. The van der Waals surface area contributed by atoms with Crippen LogP contribution < -0.4 is 16.0 Å². The lowest BCUT2D eigenvalue weighted by Crippen LogP contribution is -2.23. The van der Waals surface area contributed by atoms with Crippen molar-refractivity contribution in [2.75, 3.05) is 5.73 Å². The van der Waals surface area contributed by atoms with Crippen molar-refractivity contribution in [3.8, 4) is 34.1 Å². The van der Waals surface area contributed by atoms with Crippen molar-refractivity contribution >= 4 is 5.69 Å². The third-order valence-corrected chi connectivity index (χ3v) is 4.51. The van der Waals surface area contributed by atoms with E-state index in [1.54, 1.807) is 24.3 Å². The zero-order chi connectivity index (χ0) is 20.4. The average Bonchev–Trinajstić information content (AvgIpc) is 2.73. The van der Waals surface area contributed by atoms with E-state index in [-0.39, 0.29) is 17.2 Å². The summed E-state index contributed by atoms with van der Waals surface area (Å²) in [4.78, 5) is 12.9. The Balaban J connectivity index is 1.64. The van der Waals surface area contributed by atoms with Crippen LogP contribution in [-0.4, -0.2) is 14.9 Å². The Labute approximate surface area is 167 Å². The zero-order valence-corrected chi connectivity index (χ0v) is 15.7. The maximum absolute atomic E-state index is 12.9. The highest BCUT2D eigenvalue weighted by Gasteiger charge is 2.13. The fraction of sp³-hybridized carbons (Fsp3) is 0.0435. The molecule has 0 radical (unpaired) electrons. The molecule has 0 saturated carbocycles. The Morgan fingerprint density at radius 3 is 2.10 bits per heavy atom. The minimum atomic E-state index is -0.434. The van der Waals surface area contributed by atoms with E-state index in [1.165, 1.54) is 10.9 Å². The summed E-state index contributed by atoms with van der Waals surface area (Å²) in [6, 6.07) is 21.6. The number of anilines is 1. The SMILES string of the molecule is Cc1ccc(-n2ncc(N)c(Oc3ccc(-c4ccc(O)cc4)cc3)c2=O)cc1. The van der Waals surface area contributed by atoms with E-state index in [0.29, 0.717) is 11.4 Å². The first-order chi connectivity index (χ1) is 14.0. The normalized spacial score (nSPS) is 10.7. The summed E-state index contributed by atoms with van der Waals surface area (Å²) in [7, 11) is 0. The summed E-state index contributed by atoms with van der Waals surface area (Å²) in [5, 5.41) is 13.5. The summed E-state index contributed by atoms with van der Waals surface area (Å²) in [6.07, 6.45) is 1.40. The Hall–Kier alpha value is -4.06. The number of ether oxygens (including phenoxy) is 1. The molecule has 29 heavy (non-hydrogen) atoms. The van der Waals surface area contributed by atoms with Crippen LogP contribution in [0.1, 0.15) is 5.56 Å². The summed E-state index contributed by atoms with van der Waals surface area (Å²) in [5.41, 5.74) is 9.32. The monoisotopic (exact) mass is 385 g/mol. The van der Waals surface area contributed by atoms with Gasteiger partial charge in [0.1, 0.15) is 17.2 Å². The molecule has 0 unspecified atom stereocenters. The number of phenols is 1. The maximum Gasteiger partial charge on any atom is 0.316 e. The number of aromatic hydroxyl groups is 1. The largest absolute Gasteiger partial charge is 0.508 e. The number of nitrogens with zero attached hydrogens (tertiary/aromatic N) is 2. The number of nitrogens with two attached hydrogens (primary N) is 1. The molecule has 144 valence electrons. The number of benzene rings is 3. The van der Waals surface area contributed by atoms with Crippen molar-refractivity contribution in [1.29, 1.82) is 0 Å². The molecule has 4 rings (SSSR count). The van der Waals surface area contributed by atoms with Gasteiger partial charge < -0.3 is 15.6 Å². The predicted octanol–water partition coefficient (Wildman–Crippen LogP) is 4.29. The van der Waals surface area contributed by atoms with Gasteiger partial charge in [0, 0.05) is 0 Å². The first-order valence-corrected chi connectivity index (χ1v) is 9.03. The van der Waals surface area contributed by atoms with Gasteiger partial charge in [0.05, 0.1) is 11.9 Å². The third-order valence-electron chi connectivity index (χ3n) is 4.51. The van der Waals surface area contributed by atoms with E-state index < -0.39 is 5.56 Å². The topological polar surface area (TPSA) is 90.4 Å². The molecular weight excluding hydrogens is 366 g/mol. The third kappa shape index (κ3) is 3.82. The summed E-state index contributed by atoms with van der Waals surface area (Å²) in [5.74, 6) is 0.725. The number of hydrogen-bond acceptors (Lipinski definition) is 5. The average molecular weight is 385 g/mol. The van der Waals surface area contributed by atoms with Crippen molar-refractivity contribution in [1.82, 2.24) is 9.78 Å². The van der Waals surface area contributed by atoms with Crippen molar-refractivity contribution < 1.29 is 9.84 Å². The molecule has 0 amide bonds. The van der Waals surface area contributed by atoms with Crippen LogP contribution in [0.5, 0.6) is 17.2 Å². The number of rotatable bonds is 4. The first-order valence-electron chi connectivity index (χ1n) is 9.03. The predicted molar refractivity (Wildman–Crippen MR) is 113 cm³/mol. The molecule has 0 aliphatic heterocycles. The second-order valence-corrected chi connectivity index (χ2v) is 6.65. The van der Waals surface area contributed by atoms with Gasteiger partial charge in [-0.1, -0.05) is 42.0 Å². The molecule has 6 heteroatoms. The van der Waals surface area contributed by atoms with Gasteiger partial charge in [-0.3, -0.25) is 4.79 Å². The lowest BCUT2D eigenvalue weighted by molar-refractivity contribution is 0.470. The molecule has 3 aromatic carbocycles. The van der Waals surface area contributed by atoms with E-state index in [0.717, 1.165) is 16.7 Å². The highest BCUT2D eigenvalue weighted by atomic mass is 16.5. The summed E-state index contributed by atoms with van der Waals surface area (Å²) < 4.78 is 7.06. The van der Waals surface area contributed by atoms with Gasteiger partial charge in [-0.05, 0) is 54.4 Å². The van der Waals surface area contributed by atoms with Crippen molar-refractivity contribution in [3.63, 3.8) is 0 Å². The Morgan fingerprint density at radius 2 is 1.48 bits per heavy atom. The van der Waals surface area contributed by atoms with E-state index in [2.05, 4.69) is 5.10 Å². The molecule has 0 atom stereocenters. The number of nitrogen functional groups attached to an aromatic ring is 1. The molecule has 1 aromatic heterocycles. The molecule has 1 heterocycles. The Bertz CT molecular complexity index is 1200. The van der Waals surface area contributed by atoms with Gasteiger partial charge >= 0.3 is 5.56 Å². The number of phenolic OH excluding ortho intramolecular Hbond substituents is 1. The number of aromatic nitrogens is 2. The zero-order valence-electron chi connectivity index (χ0n) is 15.7. The molecule has 0 aliphatic rings. The van der Waals surface area contributed by atoms with Gasteiger partial charge in [-0.25, -0.2) is 0 Å². The fourth-order valence-corrected chi connectivity index (χ4v) is 2.91. The molecule has 0 spiro atoms. The first kappa shape index (κ1) is 18.3. The van der Waals surface area contributed by atoms with Gasteiger partial charge in [-0.15, -0.1) is 0 Å². The van der Waals surface area contributed by atoms with Crippen molar-refractivity contribution in [3.05, 3.63) is 94.9 Å². The quantitative estimate of drug-likeness (QED) is 0.547. The molecule has 0 bridgehead atoms. The van der Waals surface area contributed by atoms with E-state index in [9.17, 15) is 9.90 Å². The fourth-order valence-electron chi connectivity index (χ4n) is 2.91. The van der Waals surface area contributed by atoms with Gasteiger partial charge in [0.25, 0.3) is 0 Å². The number of hydrogen-bond donors (Lipinski definition) is 2. The molecule has 0 saturated heterocycles. The van der Waals surface area contributed by atoms with Crippen LogP contribution in [-0.2, 0) is 0 Å². The molecule has 4 aromatic rings. The van der Waals surface area contributed by atoms with Crippen molar-refractivity contribution in [2.45, 2.75) is 6.92 Å². The van der Waals surface area contributed by atoms with E-state index >= 15 is 0 Å². The maximum atomic E-state index is 12.9. The van der Waals surface area contributed by atoms with Gasteiger partial charge in [0.15, 0.2) is 0 Å². The molecule has 0 fully saturated rings. The highest BCUT2D eigenvalue weighted by molar-refractivity contribution is 5.65. The van der Waals surface area contributed by atoms with Crippen LogP contribution >= 0.6 is 0 Å². The molecule has 6 nitrogen and oxygen atoms in total. The molecule has 3 N–H and O–H groups in total. The Kier molecular flexibility index (Phi) is 4.75. The molecule has 0 aliphatic carbocycles.